The SMILES string of the molecule is Fc1ccc(-c2nccc3[nH]c(-c4n[nH]c5ncc(-c6cncc(CN7CCCC7)c6)c(F)c45)nc23)s1. The molecular weight excluding hydrogens is 494 g/mol. The van der Waals surface area contributed by atoms with Crippen LogP contribution in [-0.2, 0) is 6.54 Å². The van der Waals surface area contributed by atoms with Crippen molar-refractivity contribution in [3.8, 4) is 33.2 Å². The van der Waals surface area contributed by atoms with Gasteiger partial charge in [-0.25, -0.2) is 14.4 Å². The molecule has 2 N–H and O–H groups in total. The first-order chi connectivity index (χ1) is 18.1. The van der Waals surface area contributed by atoms with Gasteiger partial charge >= 0.3 is 0 Å². The molecule has 0 bridgehead atoms. The summed E-state index contributed by atoms with van der Waals surface area (Å²) in [5.41, 5.74) is 4.46. The summed E-state index contributed by atoms with van der Waals surface area (Å²) in [6, 6.07) is 6.80. The fourth-order valence-corrected chi connectivity index (χ4v) is 5.65. The lowest BCUT2D eigenvalue weighted by molar-refractivity contribution is 0.331. The predicted molar refractivity (Wildman–Crippen MR) is 138 cm³/mol. The lowest BCUT2D eigenvalue weighted by atomic mass is 10.0. The Bertz CT molecular complexity index is 1770. The second-order valence-corrected chi connectivity index (χ2v) is 10.1. The molecule has 8 nitrogen and oxygen atoms in total. The Morgan fingerprint density at radius 2 is 1.89 bits per heavy atom. The molecule has 1 aliphatic rings. The molecule has 0 radical (unpaired) electrons. The Morgan fingerprint density at radius 1 is 1.00 bits per heavy atom. The van der Waals surface area contributed by atoms with Gasteiger partial charge in [0.1, 0.15) is 22.7 Å². The predicted octanol–water partition coefficient (Wildman–Crippen LogP) is 5.56. The number of thiophene rings is 1. The smallest absolute Gasteiger partial charge is 0.177 e. The van der Waals surface area contributed by atoms with Crippen molar-refractivity contribution in [2.45, 2.75) is 19.4 Å². The van der Waals surface area contributed by atoms with E-state index in [1.807, 2.05) is 12.3 Å². The molecule has 0 atom stereocenters. The van der Waals surface area contributed by atoms with E-state index in [4.69, 9.17) is 0 Å². The molecule has 1 aliphatic heterocycles. The number of aromatic nitrogens is 7. The van der Waals surface area contributed by atoms with Crippen LogP contribution in [0.3, 0.4) is 0 Å². The number of H-pyrrole nitrogens is 2. The highest BCUT2D eigenvalue weighted by Crippen LogP contribution is 2.35. The normalized spacial score (nSPS) is 14.3. The first kappa shape index (κ1) is 22.1. The number of pyridine rings is 3. The Morgan fingerprint density at radius 3 is 2.73 bits per heavy atom. The van der Waals surface area contributed by atoms with Crippen LogP contribution in [0.4, 0.5) is 8.78 Å². The summed E-state index contributed by atoms with van der Waals surface area (Å²) in [7, 11) is 0. The summed E-state index contributed by atoms with van der Waals surface area (Å²) in [5.74, 6) is -0.0840. The molecule has 0 saturated carbocycles. The Balaban J connectivity index is 1.31. The fourth-order valence-electron chi connectivity index (χ4n) is 4.92. The number of rotatable bonds is 5. The van der Waals surface area contributed by atoms with E-state index in [1.165, 1.54) is 25.1 Å². The van der Waals surface area contributed by atoms with Gasteiger partial charge in [0.15, 0.2) is 16.6 Å². The lowest BCUT2D eigenvalue weighted by Gasteiger charge is -2.15. The number of hydrogen-bond acceptors (Lipinski definition) is 7. The second kappa shape index (κ2) is 8.79. The maximum atomic E-state index is 16.0. The van der Waals surface area contributed by atoms with Gasteiger partial charge < -0.3 is 4.98 Å². The zero-order valence-electron chi connectivity index (χ0n) is 19.5. The molecule has 0 unspecified atom stereocenters. The highest BCUT2D eigenvalue weighted by Gasteiger charge is 2.22. The molecule has 0 aromatic carbocycles. The third kappa shape index (κ3) is 3.87. The topological polar surface area (TPSA) is 99.3 Å². The van der Waals surface area contributed by atoms with Crippen molar-refractivity contribution in [1.29, 1.82) is 0 Å². The molecular formula is C26H20F2N8S. The van der Waals surface area contributed by atoms with Crippen molar-refractivity contribution < 1.29 is 8.78 Å². The maximum absolute atomic E-state index is 16.0. The van der Waals surface area contributed by atoms with Crippen LogP contribution < -0.4 is 0 Å². The molecule has 6 aromatic heterocycles. The van der Waals surface area contributed by atoms with Gasteiger partial charge in [0.2, 0.25) is 0 Å². The third-order valence-corrected chi connectivity index (χ3v) is 7.55. The van der Waals surface area contributed by atoms with Crippen LogP contribution >= 0.6 is 11.3 Å². The Kier molecular flexibility index (Phi) is 5.26. The average molecular weight is 515 g/mol. The highest BCUT2D eigenvalue weighted by atomic mass is 32.1. The van der Waals surface area contributed by atoms with Crippen LogP contribution in [0.5, 0.6) is 0 Å². The van der Waals surface area contributed by atoms with Crippen LogP contribution in [0.15, 0.2) is 49.1 Å². The van der Waals surface area contributed by atoms with E-state index < -0.39 is 5.82 Å². The number of hydrogen-bond donors (Lipinski definition) is 2. The van der Waals surface area contributed by atoms with E-state index in [-0.39, 0.29) is 10.5 Å². The number of aromatic amines is 2. The summed E-state index contributed by atoms with van der Waals surface area (Å²) < 4.78 is 29.7. The molecule has 0 amide bonds. The van der Waals surface area contributed by atoms with E-state index in [1.54, 1.807) is 24.5 Å². The Hall–Kier alpha value is -4.09. The van der Waals surface area contributed by atoms with Gasteiger partial charge in [-0.1, -0.05) is 0 Å². The standard InChI is InChI=1S/C26H20F2N8S/c27-19-4-3-18(37-19)23-22-17(5-6-30-23)32-26(33-22)24-20-21(28)16(12-31-25(20)35-34-24)15-9-14(10-29-11-15)13-36-7-1-2-8-36/h3-6,9-12H,1-2,7-8,13H2,(H,32,33)(H,31,34,35). The second-order valence-electron chi connectivity index (χ2n) is 9.09. The number of imidazole rings is 1. The number of nitrogens with one attached hydrogen (secondary N) is 2. The van der Waals surface area contributed by atoms with Gasteiger partial charge in [0.25, 0.3) is 0 Å². The zero-order valence-corrected chi connectivity index (χ0v) is 20.3. The largest absolute Gasteiger partial charge is 0.336 e. The number of halogens is 2. The van der Waals surface area contributed by atoms with Crippen molar-refractivity contribution in [1.82, 2.24) is 40.0 Å². The minimum Gasteiger partial charge on any atom is -0.336 e. The van der Waals surface area contributed by atoms with Crippen LogP contribution in [0, 0.1) is 10.9 Å². The minimum absolute atomic E-state index is 0.234. The van der Waals surface area contributed by atoms with Gasteiger partial charge in [-0.2, -0.15) is 9.49 Å². The highest BCUT2D eigenvalue weighted by molar-refractivity contribution is 7.13. The molecule has 184 valence electrons. The van der Waals surface area contributed by atoms with Crippen LogP contribution in [-0.4, -0.2) is 53.1 Å². The van der Waals surface area contributed by atoms with Crippen LogP contribution in [0.2, 0.25) is 0 Å². The number of fused-ring (bicyclic) bond motifs is 2. The first-order valence-electron chi connectivity index (χ1n) is 11.9. The van der Waals surface area contributed by atoms with E-state index in [2.05, 4.69) is 40.0 Å². The lowest BCUT2D eigenvalue weighted by Crippen LogP contribution is -2.18. The van der Waals surface area contributed by atoms with Gasteiger partial charge in [-0.3, -0.25) is 20.0 Å². The van der Waals surface area contributed by atoms with Crippen molar-refractivity contribution in [3.05, 3.63) is 65.6 Å². The minimum atomic E-state index is -0.451. The molecule has 1 saturated heterocycles. The fraction of sp³-hybridized carbons (Fsp3) is 0.192. The molecule has 7 heterocycles. The Labute approximate surface area is 213 Å². The van der Waals surface area contributed by atoms with Crippen LogP contribution in [0.25, 0.3) is 55.3 Å². The third-order valence-electron chi connectivity index (χ3n) is 6.67. The van der Waals surface area contributed by atoms with E-state index in [0.29, 0.717) is 49.9 Å². The number of nitrogens with zero attached hydrogens (tertiary/aromatic N) is 6. The van der Waals surface area contributed by atoms with Crippen molar-refractivity contribution in [2.24, 2.45) is 0 Å². The van der Waals surface area contributed by atoms with Gasteiger partial charge in [-0.15, -0.1) is 11.3 Å². The molecule has 37 heavy (non-hydrogen) atoms. The first-order valence-corrected chi connectivity index (χ1v) is 12.8. The number of likely N-dealkylation sites (tertiary alicyclic amines) is 1. The van der Waals surface area contributed by atoms with Gasteiger partial charge in [-0.05, 0) is 55.8 Å². The monoisotopic (exact) mass is 514 g/mol. The van der Waals surface area contributed by atoms with E-state index >= 15 is 4.39 Å². The quantitative estimate of drug-likeness (QED) is 0.313. The molecule has 6 aromatic rings. The molecule has 0 spiro atoms. The average Bonchev–Trinajstić information content (AvgIpc) is 3.70. The van der Waals surface area contributed by atoms with Gasteiger partial charge in [0.05, 0.1) is 15.8 Å². The molecule has 11 heteroatoms. The van der Waals surface area contributed by atoms with Crippen LogP contribution in [0.1, 0.15) is 18.4 Å². The van der Waals surface area contributed by atoms with Crippen molar-refractivity contribution in [3.63, 3.8) is 0 Å². The molecule has 7 rings (SSSR count). The summed E-state index contributed by atoms with van der Waals surface area (Å²) in [6.45, 7) is 2.93. The summed E-state index contributed by atoms with van der Waals surface area (Å²) in [5, 5.41) is 7.07. The van der Waals surface area contributed by atoms with Crippen molar-refractivity contribution in [2.75, 3.05) is 13.1 Å². The maximum Gasteiger partial charge on any atom is 0.177 e. The summed E-state index contributed by atoms with van der Waals surface area (Å²) in [4.78, 5) is 24.1. The summed E-state index contributed by atoms with van der Waals surface area (Å²) in [6.07, 6.45) is 9.02. The van der Waals surface area contributed by atoms with E-state index in [9.17, 15) is 4.39 Å². The van der Waals surface area contributed by atoms with Crippen molar-refractivity contribution >= 4 is 33.4 Å². The molecule has 1 fully saturated rings. The van der Waals surface area contributed by atoms with E-state index in [0.717, 1.165) is 36.5 Å². The summed E-state index contributed by atoms with van der Waals surface area (Å²) >= 11 is 0.994. The molecule has 0 aliphatic carbocycles. The van der Waals surface area contributed by atoms with Gasteiger partial charge in [0, 0.05) is 42.5 Å². The zero-order chi connectivity index (χ0) is 24.9.